The maximum absolute atomic E-state index is 13.9. The summed E-state index contributed by atoms with van der Waals surface area (Å²) >= 11 is 3.32. The average molecular weight is 492 g/mol. The zero-order chi connectivity index (χ0) is 22.0. The van der Waals surface area contributed by atoms with Gasteiger partial charge >= 0.3 is 6.08 Å². The van der Waals surface area contributed by atoms with Gasteiger partial charge in [0, 0.05) is 23.6 Å². The number of phenolic OH excluding ortho intramolecular Hbond substituents is 1. The van der Waals surface area contributed by atoms with Gasteiger partial charge in [0.25, 0.3) is 0 Å². The van der Waals surface area contributed by atoms with Crippen LogP contribution in [0.1, 0.15) is 12.8 Å². The fourth-order valence-electron chi connectivity index (χ4n) is 3.93. The molecule has 1 aliphatic heterocycles. The van der Waals surface area contributed by atoms with E-state index in [1.54, 1.807) is 30.3 Å². The molecule has 9 heteroatoms. The van der Waals surface area contributed by atoms with E-state index in [-0.39, 0.29) is 17.0 Å². The minimum Gasteiger partial charge on any atom is -0.508 e. The second-order valence-electron chi connectivity index (χ2n) is 7.48. The number of fused-ring (bicyclic) bond motifs is 1. The lowest BCUT2D eigenvalue weighted by Gasteiger charge is -2.21. The number of nitrogens with zero attached hydrogens (tertiary/aromatic N) is 3. The largest absolute Gasteiger partial charge is 0.508 e. The number of hydrogen-bond donors (Lipinski definition) is 2. The van der Waals surface area contributed by atoms with Crippen LogP contribution in [0.3, 0.4) is 0 Å². The number of β-amino-alcohol motifs (C(OH)–C–C–N with tert-alkyl or cyclic N) is 1. The highest BCUT2D eigenvalue weighted by Gasteiger charge is 2.23. The molecule has 0 saturated carbocycles. The summed E-state index contributed by atoms with van der Waals surface area (Å²) in [5.41, 5.74) is 1.48. The lowest BCUT2D eigenvalue weighted by atomic mass is 9.99. The summed E-state index contributed by atoms with van der Waals surface area (Å²) in [4.78, 5) is 9.89. The molecule has 1 atom stereocenters. The molecular weight excluding hydrogens is 469 g/mol. The quantitative estimate of drug-likeness (QED) is 0.384. The van der Waals surface area contributed by atoms with Crippen molar-refractivity contribution in [2.75, 3.05) is 33.4 Å². The van der Waals surface area contributed by atoms with Crippen LogP contribution in [-0.2, 0) is 0 Å². The summed E-state index contributed by atoms with van der Waals surface area (Å²) in [6.45, 7) is 2.52. The van der Waals surface area contributed by atoms with Crippen LogP contribution < -0.4 is 9.47 Å². The van der Waals surface area contributed by atoms with Gasteiger partial charge in [0.1, 0.15) is 23.1 Å². The van der Waals surface area contributed by atoms with Gasteiger partial charge in [-0.3, -0.25) is 0 Å². The molecule has 0 radical (unpaired) electrons. The van der Waals surface area contributed by atoms with Crippen molar-refractivity contribution in [2.45, 2.75) is 18.9 Å². The van der Waals surface area contributed by atoms with Gasteiger partial charge < -0.3 is 24.6 Å². The SMILES string of the molecule is COc1c(OCC(O)CN2CCCC2)cc2nc(F)nc(Br)c2c1-c1cccc(O)c1. The van der Waals surface area contributed by atoms with Gasteiger partial charge in [0.05, 0.1) is 12.6 Å². The number of likely N-dealkylation sites (tertiary alicyclic amines) is 1. The predicted octanol–water partition coefficient (Wildman–Crippen LogP) is 3.75. The van der Waals surface area contributed by atoms with Crippen molar-refractivity contribution < 1.29 is 24.1 Å². The number of aromatic nitrogens is 2. The van der Waals surface area contributed by atoms with Crippen molar-refractivity contribution in [1.29, 1.82) is 0 Å². The van der Waals surface area contributed by atoms with Crippen LogP contribution in [0.4, 0.5) is 4.39 Å². The van der Waals surface area contributed by atoms with Gasteiger partial charge in [-0.1, -0.05) is 12.1 Å². The van der Waals surface area contributed by atoms with Gasteiger partial charge in [-0.2, -0.15) is 9.37 Å². The molecule has 3 aromatic rings. The number of ether oxygens (including phenoxy) is 2. The van der Waals surface area contributed by atoms with E-state index in [4.69, 9.17) is 9.47 Å². The van der Waals surface area contributed by atoms with E-state index in [1.165, 1.54) is 7.11 Å². The van der Waals surface area contributed by atoms with Gasteiger partial charge in [-0.25, -0.2) is 4.98 Å². The van der Waals surface area contributed by atoms with Crippen molar-refractivity contribution in [1.82, 2.24) is 14.9 Å². The van der Waals surface area contributed by atoms with Gasteiger partial charge in [-0.15, -0.1) is 0 Å². The molecule has 1 aliphatic rings. The molecule has 1 aromatic heterocycles. The highest BCUT2D eigenvalue weighted by atomic mass is 79.9. The summed E-state index contributed by atoms with van der Waals surface area (Å²) in [7, 11) is 1.50. The molecule has 2 heterocycles. The molecule has 164 valence electrons. The number of phenols is 1. The van der Waals surface area contributed by atoms with E-state index >= 15 is 0 Å². The van der Waals surface area contributed by atoms with Gasteiger partial charge in [-0.05, 0) is 59.6 Å². The monoisotopic (exact) mass is 491 g/mol. The number of aliphatic hydroxyl groups is 1. The molecule has 0 amide bonds. The lowest BCUT2D eigenvalue weighted by Crippen LogP contribution is -2.33. The average Bonchev–Trinajstić information content (AvgIpc) is 3.23. The molecule has 2 N–H and O–H groups in total. The first-order valence-corrected chi connectivity index (χ1v) is 10.8. The maximum atomic E-state index is 13.9. The minimum absolute atomic E-state index is 0.0482. The van der Waals surface area contributed by atoms with Crippen LogP contribution in [0.2, 0.25) is 0 Å². The Morgan fingerprint density at radius 2 is 2.00 bits per heavy atom. The third-order valence-electron chi connectivity index (χ3n) is 5.27. The van der Waals surface area contributed by atoms with E-state index in [0.29, 0.717) is 40.1 Å². The van der Waals surface area contributed by atoms with E-state index < -0.39 is 12.2 Å². The third-order valence-corrected chi connectivity index (χ3v) is 5.85. The van der Waals surface area contributed by atoms with Crippen molar-refractivity contribution in [3.8, 4) is 28.4 Å². The number of hydrogen-bond acceptors (Lipinski definition) is 7. The molecule has 1 unspecified atom stereocenters. The Morgan fingerprint density at radius 3 is 2.71 bits per heavy atom. The van der Waals surface area contributed by atoms with Crippen LogP contribution in [0.25, 0.3) is 22.0 Å². The lowest BCUT2D eigenvalue weighted by molar-refractivity contribution is 0.0748. The predicted molar refractivity (Wildman–Crippen MR) is 118 cm³/mol. The Labute approximate surface area is 187 Å². The summed E-state index contributed by atoms with van der Waals surface area (Å²) in [5.74, 6) is 0.764. The summed E-state index contributed by atoms with van der Waals surface area (Å²) < 4.78 is 25.8. The molecule has 0 aliphatic carbocycles. The molecule has 0 bridgehead atoms. The summed E-state index contributed by atoms with van der Waals surface area (Å²) in [6.07, 6.45) is 0.710. The highest BCUT2D eigenvalue weighted by molar-refractivity contribution is 9.10. The first-order chi connectivity index (χ1) is 15.0. The van der Waals surface area contributed by atoms with Gasteiger partial charge in [0.2, 0.25) is 0 Å². The number of methoxy groups -OCH3 is 1. The minimum atomic E-state index is -0.883. The van der Waals surface area contributed by atoms with Crippen molar-refractivity contribution in [2.24, 2.45) is 0 Å². The maximum Gasteiger partial charge on any atom is 0.310 e. The number of rotatable bonds is 7. The molecule has 1 fully saturated rings. The standard InChI is InChI=1S/C22H23BrFN3O4/c1-30-20-17(31-12-15(29)11-27-7-2-3-8-27)10-16-19(21(23)26-22(24)25-16)18(20)13-5-4-6-14(28)9-13/h4-6,9-10,15,28-29H,2-3,7-8,11-12H2,1H3. The second kappa shape index (κ2) is 9.33. The zero-order valence-electron chi connectivity index (χ0n) is 17.0. The fraction of sp³-hybridized carbons (Fsp3) is 0.364. The third kappa shape index (κ3) is 4.73. The normalized spacial score (nSPS) is 15.4. The summed E-state index contributed by atoms with van der Waals surface area (Å²) in [5, 5.41) is 20.9. The van der Waals surface area contributed by atoms with E-state index in [2.05, 4.69) is 30.8 Å². The fourth-order valence-corrected chi connectivity index (χ4v) is 4.48. The van der Waals surface area contributed by atoms with Crippen LogP contribution in [0.5, 0.6) is 17.2 Å². The molecule has 0 spiro atoms. The Bertz CT molecular complexity index is 1090. The van der Waals surface area contributed by atoms with E-state index in [9.17, 15) is 14.6 Å². The number of aliphatic hydroxyl groups excluding tert-OH is 1. The van der Waals surface area contributed by atoms with Gasteiger partial charge in [0.15, 0.2) is 11.5 Å². The number of halogens is 2. The van der Waals surface area contributed by atoms with Crippen LogP contribution >= 0.6 is 15.9 Å². The van der Waals surface area contributed by atoms with Crippen molar-refractivity contribution in [3.05, 3.63) is 41.0 Å². The Kier molecular flexibility index (Phi) is 6.54. The first kappa shape index (κ1) is 21.7. The molecule has 2 aromatic carbocycles. The van der Waals surface area contributed by atoms with E-state index in [0.717, 1.165) is 25.9 Å². The van der Waals surface area contributed by atoms with E-state index in [1.807, 2.05) is 0 Å². The molecule has 7 nitrogen and oxygen atoms in total. The Morgan fingerprint density at radius 1 is 1.23 bits per heavy atom. The zero-order valence-corrected chi connectivity index (χ0v) is 18.6. The number of aromatic hydroxyl groups is 1. The van der Waals surface area contributed by atoms with Crippen LogP contribution in [0, 0.1) is 6.08 Å². The summed E-state index contributed by atoms with van der Waals surface area (Å²) in [6, 6.07) is 8.18. The Hall–Kier alpha value is -2.49. The number of benzene rings is 2. The molecule has 4 rings (SSSR count). The smallest absolute Gasteiger partial charge is 0.310 e. The van der Waals surface area contributed by atoms with Crippen LogP contribution in [0.15, 0.2) is 34.9 Å². The topological polar surface area (TPSA) is 87.9 Å². The second-order valence-corrected chi connectivity index (χ2v) is 8.23. The van der Waals surface area contributed by atoms with Crippen molar-refractivity contribution >= 4 is 26.8 Å². The first-order valence-electron chi connectivity index (χ1n) is 10.0. The Balaban J connectivity index is 1.76. The van der Waals surface area contributed by atoms with Crippen LogP contribution in [-0.4, -0.2) is 64.5 Å². The van der Waals surface area contributed by atoms with Crippen molar-refractivity contribution in [3.63, 3.8) is 0 Å². The highest BCUT2D eigenvalue weighted by Crippen LogP contribution is 2.46. The molecular formula is C22H23BrFN3O4. The molecule has 31 heavy (non-hydrogen) atoms. The molecule has 1 saturated heterocycles.